The molecule has 1 fully saturated rings. The molecule has 0 aliphatic carbocycles. The lowest BCUT2D eigenvalue weighted by Crippen LogP contribution is -2.10. The molecule has 0 aromatic heterocycles. The molecule has 0 aromatic carbocycles. The second-order valence-corrected chi connectivity index (χ2v) is 2.98. The second-order valence-electron chi connectivity index (χ2n) is 2.98. The van der Waals surface area contributed by atoms with Gasteiger partial charge in [-0.3, -0.25) is 0 Å². The van der Waals surface area contributed by atoms with E-state index in [0.717, 1.165) is 0 Å². The highest BCUT2D eigenvalue weighted by molar-refractivity contribution is 5.87. The van der Waals surface area contributed by atoms with Gasteiger partial charge in [-0.25, -0.2) is 4.79 Å². The van der Waals surface area contributed by atoms with Gasteiger partial charge >= 0.3 is 5.97 Å². The van der Waals surface area contributed by atoms with Crippen LogP contribution in [0.2, 0.25) is 0 Å². The van der Waals surface area contributed by atoms with Gasteiger partial charge < -0.3 is 14.6 Å². The van der Waals surface area contributed by atoms with Gasteiger partial charge in [0.05, 0.1) is 19.3 Å². The first-order valence-electron chi connectivity index (χ1n) is 4.31. The van der Waals surface area contributed by atoms with Gasteiger partial charge in [-0.15, -0.1) is 0 Å². The van der Waals surface area contributed by atoms with Gasteiger partial charge in [-0.2, -0.15) is 0 Å². The van der Waals surface area contributed by atoms with Gasteiger partial charge in [0.25, 0.3) is 0 Å². The Morgan fingerprint density at radius 2 is 2.38 bits per heavy atom. The maximum absolute atomic E-state index is 11.1. The fraction of sp³-hybridized carbons (Fsp3) is 0.667. The minimum atomic E-state index is -0.385. The standard InChI is InChI=1S/C9H14O4/c1-7(5-8-6-13-8)9(11)12-4-2-3-10/h8,10H,1-6H2. The highest BCUT2D eigenvalue weighted by atomic mass is 16.6. The van der Waals surface area contributed by atoms with Crippen LogP contribution in [0.15, 0.2) is 12.2 Å². The van der Waals surface area contributed by atoms with E-state index < -0.39 is 0 Å². The molecule has 1 N–H and O–H groups in total. The predicted octanol–water partition coefficient (Wildman–Crippen LogP) is 0.257. The van der Waals surface area contributed by atoms with Crippen LogP contribution in [0, 0.1) is 0 Å². The molecule has 1 rings (SSSR count). The smallest absolute Gasteiger partial charge is 0.333 e. The lowest BCUT2D eigenvalue weighted by molar-refractivity contribution is -0.139. The van der Waals surface area contributed by atoms with E-state index in [2.05, 4.69) is 6.58 Å². The van der Waals surface area contributed by atoms with E-state index in [9.17, 15) is 4.79 Å². The first-order chi connectivity index (χ1) is 6.24. The van der Waals surface area contributed by atoms with Gasteiger partial charge in [0, 0.05) is 25.0 Å². The number of carbonyl (C=O) groups is 1. The molecule has 4 nitrogen and oxygen atoms in total. The largest absolute Gasteiger partial charge is 0.462 e. The fourth-order valence-electron chi connectivity index (χ4n) is 0.876. The van der Waals surface area contributed by atoms with Crippen LogP contribution >= 0.6 is 0 Å². The molecule has 1 saturated heterocycles. The number of esters is 1. The summed E-state index contributed by atoms with van der Waals surface area (Å²) < 4.78 is 9.77. The molecular weight excluding hydrogens is 172 g/mol. The number of hydrogen-bond donors (Lipinski definition) is 1. The van der Waals surface area contributed by atoms with Crippen molar-refractivity contribution >= 4 is 5.97 Å². The molecular formula is C9H14O4. The summed E-state index contributed by atoms with van der Waals surface area (Å²) in [4.78, 5) is 11.1. The highest BCUT2D eigenvalue weighted by Gasteiger charge is 2.25. The van der Waals surface area contributed by atoms with E-state index in [1.54, 1.807) is 0 Å². The lowest BCUT2D eigenvalue weighted by atomic mass is 10.2. The monoisotopic (exact) mass is 186 g/mol. The summed E-state index contributed by atoms with van der Waals surface area (Å²) in [5, 5.41) is 8.44. The van der Waals surface area contributed by atoms with E-state index in [0.29, 0.717) is 25.0 Å². The second kappa shape index (κ2) is 4.99. The fourth-order valence-corrected chi connectivity index (χ4v) is 0.876. The Morgan fingerprint density at radius 1 is 1.69 bits per heavy atom. The summed E-state index contributed by atoms with van der Waals surface area (Å²) in [6.07, 6.45) is 1.19. The molecule has 0 spiro atoms. The van der Waals surface area contributed by atoms with E-state index in [1.165, 1.54) is 0 Å². The molecule has 13 heavy (non-hydrogen) atoms. The third-order valence-corrected chi connectivity index (χ3v) is 1.70. The number of hydrogen-bond acceptors (Lipinski definition) is 4. The van der Waals surface area contributed by atoms with Crippen LogP contribution in [0.4, 0.5) is 0 Å². The molecule has 1 unspecified atom stereocenters. The maximum Gasteiger partial charge on any atom is 0.333 e. The van der Waals surface area contributed by atoms with Crippen molar-refractivity contribution in [3.05, 3.63) is 12.2 Å². The molecule has 1 aliphatic heterocycles. The van der Waals surface area contributed by atoms with Gasteiger partial charge in [0.2, 0.25) is 0 Å². The maximum atomic E-state index is 11.1. The predicted molar refractivity (Wildman–Crippen MR) is 46.2 cm³/mol. The molecule has 0 saturated carbocycles. The van der Waals surface area contributed by atoms with Crippen molar-refractivity contribution in [2.24, 2.45) is 0 Å². The zero-order chi connectivity index (χ0) is 9.68. The number of rotatable bonds is 6. The normalized spacial score (nSPS) is 19.6. The summed E-state index contributed by atoms with van der Waals surface area (Å²) >= 11 is 0. The van der Waals surface area contributed by atoms with Crippen LogP contribution in [0.3, 0.4) is 0 Å². The minimum Gasteiger partial charge on any atom is -0.462 e. The van der Waals surface area contributed by atoms with Gasteiger partial charge in [-0.1, -0.05) is 6.58 Å². The SMILES string of the molecule is C=C(CC1CO1)C(=O)OCCCO. The molecule has 74 valence electrons. The molecule has 0 bridgehead atoms. The Kier molecular flexibility index (Phi) is 3.92. The van der Waals surface area contributed by atoms with Gasteiger partial charge in [-0.05, 0) is 0 Å². The molecule has 1 heterocycles. The number of epoxide rings is 1. The quantitative estimate of drug-likeness (QED) is 0.280. The Hall–Kier alpha value is -0.870. The van der Waals surface area contributed by atoms with Crippen LogP contribution in [0.5, 0.6) is 0 Å². The first kappa shape index (κ1) is 10.2. The van der Waals surface area contributed by atoms with E-state index >= 15 is 0 Å². The number of aliphatic hydroxyl groups excluding tert-OH is 1. The summed E-state index contributed by atoms with van der Waals surface area (Å²) in [6, 6.07) is 0. The van der Waals surface area contributed by atoms with Crippen molar-refractivity contribution in [3.8, 4) is 0 Å². The Bertz CT molecular complexity index is 196. The number of aliphatic hydroxyl groups is 1. The number of ether oxygens (including phenoxy) is 2. The first-order valence-corrected chi connectivity index (χ1v) is 4.31. The molecule has 0 amide bonds. The number of carbonyl (C=O) groups excluding carboxylic acids is 1. The van der Waals surface area contributed by atoms with Crippen molar-refractivity contribution in [1.29, 1.82) is 0 Å². The van der Waals surface area contributed by atoms with Crippen molar-refractivity contribution in [2.45, 2.75) is 18.9 Å². The molecule has 0 aromatic rings. The third-order valence-electron chi connectivity index (χ3n) is 1.70. The van der Waals surface area contributed by atoms with Crippen LogP contribution in [-0.2, 0) is 14.3 Å². The summed E-state index contributed by atoms with van der Waals surface area (Å²) in [5.74, 6) is -0.385. The van der Waals surface area contributed by atoms with E-state index in [-0.39, 0.29) is 25.3 Å². The van der Waals surface area contributed by atoms with Crippen molar-refractivity contribution < 1.29 is 19.4 Å². The zero-order valence-corrected chi connectivity index (χ0v) is 7.49. The molecule has 0 radical (unpaired) electrons. The zero-order valence-electron chi connectivity index (χ0n) is 7.49. The molecule has 1 aliphatic rings. The van der Waals surface area contributed by atoms with Crippen molar-refractivity contribution in [2.75, 3.05) is 19.8 Å². The Labute approximate surface area is 77.1 Å². The van der Waals surface area contributed by atoms with Gasteiger partial charge in [0.15, 0.2) is 0 Å². The van der Waals surface area contributed by atoms with Gasteiger partial charge in [0.1, 0.15) is 0 Å². The Morgan fingerprint density at radius 3 is 2.92 bits per heavy atom. The average Bonchev–Trinajstić information content (AvgIpc) is 2.88. The summed E-state index contributed by atoms with van der Waals surface area (Å²) in [5.41, 5.74) is 0.445. The van der Waals surface area contributed by atoms with Crippen LogP contribution < -0.4 is 0 Å². The average molecular weight is 186 g/mol. The topological polar surface area (TPSA) is 59.1 Å². The minimum absolute atomic E-state index is 0.0332. The summed E-state index contributed by atoms with van der Waals surface area (Å²) in [6.45, 7) is 4.59. The lowest BCUT2D eigenvalue weighted by Gasteiger charge is -2.04. The summed E-state index contributed by atoms with van der Waals surface area (Å²) in [7, 11) is 0. The van der Waals surface area contributed by atoms with Crippen LogP contribution in [-0.4, -0.2) is 37.0 Å². The molecule has 4 heteroatoms. The highest BCUT2D eigenvalue weighted by Crippen LogP contribution is 2.18. The van der Waals surface area contributed by atoms with Crippen LogP contribution in [0.25, 0.3) is 0 Å². The van der Waals surface area contributed by atoms with E-state index in [1.807, 2.05) is 0 Å². The Balaban J connectivity index is 2.09. The van der Waals surface area contributed by atoms with E-state index in [4.69, 9.17) is 14.6 Å². The molecule has 1 atom stereocenters. The third kappa shape index (κ3) is 4.05. The van der Waals surface area contributed by atoms with Crippen LogP contribution in [0.1, 0.15) is 12.8 Å². The van der Waals surface area contributed by atoms with Crippen molar-refractivity contribution in [1.82, 2.24) is 0 Å². The van der Waals surface area contributed by atoms with Crippen molar-refractivity contribution in [3.63, 3.8) is 0 Å².